The van der Waals surface area contributed by atoms with E-state index in [4.69, 9.17) is 9.47 Å². The van der Waals surface area contributed by atoms with Gasteiger partial charge in [-0.1, -0.05) is 40.2 Å². The van der Waals surface area contributed by atoms with E-state index in [1.54, 1.807) is 7.11 Å². The zero-order valence-corrected chi connectivity index (χ0v) is 17.5. The van der Waals surface area contributed by atoms with Crippen LogP contribution in [0.3, 0.4) is 0 Å². The molecule has 1 aliphatic heterocycles. The Hall–Kier alpha value is -1.36. The molecule has 1 aliphatic rings. The first-order valence-electron chi connectivity index (χ1n) is 9.28. The van der Waals surface area contributed by atoms with Gasteiger partial charge in [0, 0.05) is 30.7 Å². The summed E-state index contributed by atoms with van der Waals surface area (Å²) in [7, 11) is 1.74. The lowest BCUT2D eigenvalue weighted by molar-refractivity contribution is 0.0677. The van der Waals surface area contributed by atoms with Crippen molar-refractivity contribution < 1.29 is 9.47 Å². The highest BCUT2D eigenvalue weighted by molar-refractivity contribution is 9.10. The Morgan fingerprint density at radius 2 is 1.96 bits per heavy atom. The molecule has 4 heteroatoms. The monoisotopic (exact) mass is 417 g/mol. The third kappa shape index (κ3) is 4.87. The van der Waals surface area contributed by atoms with Crippen molar-refractivity contribution in [3.63, 3.8) is 0 Å². The van der Waals surface area contributed by atoms with Gasteiger partial charge < -0.3 is 9.47 Å². The van der Waals surface area contributed by atoms with E-state index in [0.29, 0.717) is 6.10 Å². The Morgan fingerprint density at radius 1 is 1.15 bits per heavy atom. The van der Waals surface area contributed by atoms with Crippen molar-refractivity contribution in [1.29, 1.82) is 0 Å². The van der Waals surface area contributed by atoms with Crippen LogP contribution in [0.25, 0.3) is 0 Å². The van der Waals surface area contributed by atoms with Crippen LogP contribution >= 0.6 is 15.9 Å². The van der Waals surface area contributed by atoms with E-state index in [-0.39, 0.29) is 0 Å². The predicted molar refractivity (Wildman–Crippen MR) is 110 cm³/mol. The van der Waals surface area contributed by atoms with Gasteiger partial charge >= 0.3 is 0 Å². The number of methoxy groups -OCH3 is 1. The van der Waals surface area contributed by atoms with Crippen molar-refractivity contribution in [3.05, 3.63) is 63.1 Å². The molecule has 0 bridgehead atoms. The maximum Gasteiger partial charge on any atom is 0.122 e. The summed E-state index contributed by atoms with van der Waals surface area (Å²) in [6.45, 7) is 7.90. The fraction of sp³-hybridized carbons (Fsp3) is 0.455. The second-order valence-electron chi connectivity index (χ2n) is 7.14. The lowest BCUT2D eigenvalue weighted by atomic mass is 10.1. The topological polar surface area (TPSA) is 21.7 Å². The lowest BCUT2D eigenvalue weighted by Gasteiger charge is -2.27. The van der Waals surface area contributed by atoms with E-state index in [9.17, 15) is 0 Å². The van der Waals surface area contributed by atoms with Gasteiger partial charge in [0.25, 0.3) is 0 Å². The van der Waals surface area contributed by atoms with Gasteiger partial charge in [0.15, 0.2) is 0 Å². The maximum atomic E-state index is 5.91. The normalized spacial score (nSPS) is 17.0. The van der Waals surface area contributed by atoms with Gasteiger partial charge in [-0.05, 0) is 61.1 Å². The number of hydrogen-bond acceptors (Lipinski definition) is 3. The summed E-state index contributed by atoms with van der Waals surface area (Å²) in [4.78, 5) is 2.49. The third-order valence-corrected chi connectivity index (χ3v) is 5.84. The number of nitrogens with zero attached hydrogens (tertiary/aromatic N) is 1. The van der Waals surface area contributed by atoms with Crippen molar-refractivity contribution in [2.45, 2.75) is 45.9 Å². The van der Waals surface area contributed by atoms with Gasteiger partial charge in [-0.3, -0.25) is 4.90 Å². The van der Waals surface area contributed by atoms with E-state index in [1.807, 2.05) is 6.07 Å². The van der Waals surface area contributed by atoms with Crippen LogP contribution < -0.4 is 4.74 Å². The van der Waals surface area contributed by atoms with E-state index in [0.717, 1.165) is 38.4 Å². The van der Waals surface area contributed by atoms with Crippen LogP contribution in [0.5, 0.6) is 5.75 Å². The molecule has 0 aromatic heterocycles. The summed E-state index contributed by atoms with van der Waals surface area (Å²) in [5.74, 6) is 0.955. The van der Waals surface area contributed by atoms with Crippen molar-refractivity contribution in [2.75, 3.05) is 20.3 Å². The Bertz CT molecular complexity index is 741. The van der Waals surface area contributed by atoms with Crippen LogP contribution in [-0.4, -0.2) is 31.3 Å². The summed E-state index contributed by atoms with van der Waals surface area (Å²) in [6, 6.07) is 12.9. The molecular weight excluding hydrogens is 390 g/mol. The summed E-state index contributed by atoms with van der Waals surface area (Å²) < 4.78 is 12.6. The molecule has 0 radical (unpaired) electrons. The third-order valence-electron chi connectivity index (χ3n) is 5.10. The standard InChI is InChI=1S/C22H28BrNO2/c1-16-9-10-19(21(23)12-16)14-24(15-20-7-5-11-26-20)13-18-6-4-8-22(25-3)17(18)2/h4,6,8-10,12,20H,5,7,11,13-15H2,1-3H3. The molecular formula is C22H28BrNO2. The van der Waals surface area contributed by atoms with Gasteiger partial charge in [0.1, 0.15) is 5.75 Å². The van der Waals surface area contributed by atoms with Gasteiger partial charge in [-0.15, -0.1) is 0 Å². The number of ether oxygens (including phenoxy) is 2. The number of rotatable bonds is 7. The molecule has 2 aromatic rings. The maximum absolute atomic E-state index is 5.91. The van der Waals surface area contributed by atoms with E-state index < -0.39 is 0 Å². The SMILES string of the molecule is COc1cccc(CN(Cc2ccc(C)cc2Br)CC2CCCO2)c1C. The minimum Gasteiger partial charge on any atom is -0.496 e. The molecule has 140 valence electrons. The van der Waals surface area contributed by atoms with Gasteiger partial charge in [-0.25, -0.2) is 0 Å². The number of aryl methyl sites for hydroxylation is 1. The molecule has 0 N–H and O–H groups in total. The van der Waals surface area contributed by atoms with Crippen LogP contribution in [0, 0.1) is 13.8 Å². The molecule has 1 saturated heterocycles. The second kappa shape index (κ2) is 9.03. The fourth-order valence-electron chi connectivity index (χ4n) is 3.58. The summed E-state index contributed by atoms with van der Waals surface area (Å²) in [5.41, 5.74) is 5.12. The van der Waals surface area contributed by atoms with Crippen LogP contribution in [0.2, 0.25) is 0 Å². The smallest absolute Gasteiger partial charge is 0.122 e. The zero-order valence-electron chi connectivity index (χ0n) is 15.9. The molecule has 3 nitrogen and oxygen atoms in total. The van der Waals surface area contributed by atoms with Gasteiger partial charge in [-0.2, -0.15) is 0 Å². The Balaban J connectivity index is 1.80. The van der Waals surface area contributed by atoms with Crippen molar-refractivity contribution in [2.24, 2.45) is 0 Å². The Morgan fingerprint density at radius 3 is 2.65 bits per heavy atom. The summed E-state index contributed by atoms with van der Waals surface area (Å²) in [6.07, 6.45) is 2.67. The minimum absolute atomic E-state index is 0.338. The average molecular weight is 418 g/mol. The van der Waals surface area contributed by atoms with Crippen molar-refractivity contribution >= 4 is 15.9 Å². The van der Waals surface area contributed by atoms with Crippen LogP contribution in [0.1, 0.15) is 35.1 Å². The lowest BCUT2D eigenvalue weighted by Crippen LogP contribution is -2.31. The molecule has 1 heterocycles. The highest BCUT2D eigenvalue weighted by Gasteiger charge is 2.21. The van der Waals surface area contributed by atoms with E-state index in [2.05, 4.69) is 65.0 Å². The molecule has 1 fully saturated rings. The highest BCUT2D eigenvalue weighted by atomic mass is 79.9. The first-order chi connectivity index (χ1) is 12.6. The summed E-state index contributed by atoms with van der Waals surface area (Å²) >= 11 is 3.73. The summed E-state index contributed by atoms with van der Waals surface area (Å²) in [5, 5.41) is 0. The molecule has 3 rings (SSSR count). The quantitative estimate of drug-likeness (QED) is 0.613. The number of halogens is 1. The van der Waals surface area contributed by atoms with Crippen molar-refractivity contribution in [3.8, 4) is 5.75 Å². The predicted octanol–water partition coefficient (Wildman–Crippen LogP) is 5.26. The van der Waals surface area contributed by atoms with Gasteiger partial charge in [0.2, 0.25) is 0 Å². The first kappa shape index (κ1) is 19.4. The van der Waals surface area contributed by atoms with E-state index >= 15 is 0 Å². The number of benzene rings is 2. The molecule has 26 heavy (non-hydrogen) atoms. The van der Waals surface area contributed by atoms with Gasteiger partial charge in [0.05, 0.1) is 13.2 Å². The molecule has 0 saturated carbocycles. The molecule has 0 aliphatic carbocycles. The van der Waals surface area contributed by atoms with Crippen LogP contribution in [0.4, 0.5) is 0 Å². The minimum atomic E-state index is 0.338. The second-order valence-corrected chi connectivity index (χ2v) is 8.00. The molecule has 0 spiro atoms. The highest BCUT2D eigenvalue weighted by Crippen LogP contribution is 2.26. The van der Waals surface area contributed by atoms with E-state index in [1.165, 1.54) is 33.1 Å². The van der Waals surface area contributed by atoms with Crippen LogP contribution in [-0.2, 0) is 17.8 Å². The van der Waals surface area contributed by atoms with Crippen LogP contribution in [0.15, 0.2) is 40.9 Å². The van der Waals surface area contributed by atoms with Crippen molar-refractivity contribution in [1.82, 2.24) is 4.90 Å². The zero-order chi connectivity index (χ0) is 18.5. The largest absolute Gasteiger partial charge is 0.496 e. The number of hydrogen-bond donors (Lipinski definition) is 0. The average Bonchev–Trinajstić information content (AvgIpc) is 3.12. The molecule has 1 atom stereocenters. The first-order valence-corrected chi connectivity index (χ1v) is 10.1. The fourth-order valence-corrected chi connectivity index (χ4v) is 4.19. The Kier molecular flexibility index (Phi) is 6.74. The molecule has 2 aromatic carbocycles. The molecule has 0 amide bonds. The molecule has 1 unspecified atom stereocenters. The Labute approximate surface area is 165 Å².